The molecule has 0 radical (unpaired) electrons. The summed E-state index contributed by atoms with van der Waals surface area (Å²) in [4.78, 5) is 0. The van der Waals surface area contributed by atoms with Crippen LogP contribution in [0.1, 0.15) is 33.1 Å². The molecule has 1 fully saturated rings. The minimum Gasteiger partial charge on any atom is -0.303 e. The second-order valence-electron chi connectivity index (χ2n) is 3.20. The summed E-state index contributed by atoms with van der Waals surface area (Å²) in [5, 5.41) is 3.42. The van der Waals surface area contributed by atoms with E-state index in [2.05, 4.69) is 24.1 Å². The Morgan fingerprint density at radius 2 is 2.36 bits per heavy atom. The van der Waals surface area contributed by atoms with Crippen molar-refractivity contribution in [2.45, 2.75) is 39.2 Å². The van der Waals surface area contributed by atoms with E-state index in [0.29, 0.717) is 0 Å². The molecular formula is C10H17N. The first kappa shape index (κ1) is 8.62. The summed E-state index contributed by atoms with van der Waals surface area (Å²) in [6.07, 6.45) is 4.08. The highest BCUT2D eigenvalue weighted by molar-refractivity contribution is 5.01. The van der Waals surface area contributed by atoms with E-state index in [1.54, 1.807) is 0 Å². The van der Waals surface area contributed by atoms with E-state index in [1.165, 1.54) is 19.3 Å². The standard InChI is InChI=1S/C10H17N/c1-3-5-7-11-10-8-9(10)6-4-2/h9-11H,4,6-8H2,1-2H3. The van der Waals surface area contributed by atoms with Gasteiger partial charge in [-0.05, 0) is 25.7 Å². The highest BCUT2D eigenvalue weighted by Crippen LogP contribution is 2.34. The van der Waals surface area contributed by atoms with Gasteiger partial charge in [0.15, 0.2) is 0 Å². The largest absolute Gasteiger partial charge is 0.303 e. The summed E-state index contributed by atoms with van der Waals surface area (Å²) < 4.78 is 0. The van der Waals surface area contributed by atoms with Crippen molar-refractivity contribution in [2.75, 3.05) is 6.54 Å². The monoisotopic (exact) mass is 151 g/mol. The summed E-state index contributed by atoms with van der Waals surface area (Å²) in [6, 6.07) is 0.788. The minimum absolute atomic E-state index is 0.788. The third-order valence-electron chi connectivity index (χ3n) is 2.21. The molecule has 1 aliphatic carbocycles. The average Bonchev–Trinajstić information content (AvgIpc) is 2.70. The van der Waals surface area contributed by atoms with E-state index in [1.807, 2.05) is 6.92 Å². The van der Waals surface area contributed by atoms with Crippen LogP contribution < -0.4 is 5.32 Å². The first-order valence-corrected chi connectivity index (χ1v) is 4.51. The molecule has 0 heterocycles. The minimum atomic E-state index is 0.788. The molecule has 0 aromatic heterocycles. The van der Waals surface area contributed by atoms with Crippen LogP contribution in [0, 0.1) is 17.8 Å². The lowest BCUT2D eigenvalue weighted by Gasteiger charge is -1.96. The molecule has 1 N–H and O–H groups in total. The molecule has 0 aliphatic heterocycles. The van der Waals surface area contributed by atoms with Crippen LogP contribution in [-0.4, -0.2) is 12.6 Å². The fourth-order valence-electron chi connectivity index (χ4n) is 1.46. The molecule has 0 saturated heterocycles. The molecule has 1 heteroatoms. The van der Waals surface area contributed by atoms with Crippen molar-refractivity contribution in [1.29, 1.82) is 0 Å². The van der Waals surface area contributed by atoms with Crippen LogP contribution in [0.15, 0.2) is 0 Å². The third-order valence-corrected chi connectivity index (χ3v) is 2.21. The molecule has 11 heavy (non-hydrogen) atoms. The van der Waals surface area contributed by atoms with E-state index in [0.717, 1.165) is 18.5 Å². The highest BCUT2D eigenvalue weighted by atomic mass is 15.0. The average molecular weight is 151 g/mol. The van der Waals surface area contributed by atoms with Crippen molar-refractivity contribution in [3.8, 4) is 11.8 Å². The van der Waals surface area contributed by atoms with Gasteiger partial charge >= 0.3 is 0 Å². The van der Waals surface area contributed by atoms with Gasteiger partial charge in [0.25, 0.3) is 0 Å². The predicted octanol–water partition coefficient (Wildman–Crippen LogP) is 1.79. The third kappa shape index (κ3) is 2.95. The molecule has 1 rings (SSSR count). The summed E-state index contributed by atoms with van der Waals surface area (Å²) in [6.45, 7) is 5.01. The van der Waals surface area contributed by atoms with Crippen molar-refractivity contribution in [3.05, 3.63) is 0 Å². The first-order valence-electron chi connectivity index (χ1n) is 4.51. The zero-order valence-corrected chi connectivity index (χ0v) is 7.48. The molecular weight excluding hydrogens is 134 g/mol. The van der Waals surface area contributed by atoms with Crippen LogP contribution in [-0.2, 0) is 0 Å². The second kappa shape index (κ2) is 4.41. The fourth-order valence-corrected chi connectivity index (χ4v) is 1.46. The molecule has 1 nitrogen and oxygen atoms in total. The molecule has 0 aromatic rings. The van der Waals surface area contributed by atoms with Gasteiger partial charge in [0, 0.05) is 6.04 Å². The van der Waals surface area contributed by atoms with Crippen molar-refractivity contribution < 1.29 is 0 Å². The van der Waals surface area contributed by atoms with Crippen LogP contribution in [0.3, 0.4) is 0 Å². The topological polar surface area (TPSA) is 12.0 Å². The Labute approximate surface area is 69.6 Å². The Hall–Kier alpha value is -0.480. The lowest BCUT2D eigenvalue weighted by atomic mass is 10.2. The molecule has 0 aromatic carbocycles. The fraction of sp³-hybridized carbons (Fsp3) is 0.800. The van der Waals surface area contributed by atoms with Crippen LogP contribution >= 0.6 is 0 Å². The van der Waals surface area contributed by atoms with E-state index < -0.39 is 0 Å². The smallest absolute Gasteiger partial charge is 0.0578 e. The van der Waals surface area contributed by atoms with E-state index >= 15 is 0 Å². The lowest BCUT2D eigenvalue weighted by Crippen LogP contribution is -2.18. The zero-order valence-electron chi connectivity index (χ0n) is 7.48. The summed E-state index contributed by atoms with van der Waals surface area (Å²) in [5.41, 5.74) is 0. The van der Waals surface area contributed by atoms with Gasteiger partial charge in [-0.3, -0.25) is 0 Å². The SMILES string of the molecule is CC#CCNC1CC1CCC. The number of rotatable bonds is 4. The summed E-state index contributed by atoms with van der Waals surface area (Å²) in [5.74, 6) is 6.86. The Morgan fingerprint density at radius 3 is 3.00 bits per heavy atom. The molecule has 1 aliphatic rings. The maximum Gasteiger partial charge on any atom is 0.0578 e. The van der Waals surface area contributed by atoms with Crippen LogP contribution in [0.4, 0.5) is 0 Å². The zero-order chi connectivity index (χ0) is 8.10. The predicted molar refractivity (Wildman–Crippen MR) is 48.3 cm³/mol. The van der Waals surface area contributed by atoms with Crippen molar-refractivity contribution in [3.63, 3.8) is 0 Å². The van der Waals surface area contributed by atoms with Gasteiger partial charge < -0.3 is 5.32 Å². The van der Waals surface area contributed by atoms with E-state index in [4.69, 9.17) is 0 Å². The Morgan fingerprint density at radius 1 is 1.55 bits per heavy atom. The molecule has 0 bridgehead atoms. The van der Waals surface area contributed by atoms with Gasteiger partial charge in [-0.25, -0.2) is 0 Å². The van der Waals surface area contributed by atoms with Gasteiger partial charge in [-0.2, -0.15) is 0 Å². The van der Waals surface area contributed by atoms with Crippen molar-refractivity contribution >= 4 is 0 Å². The second-order valence-corrected chi connectivity index (χ2v) is 3.20. The van der Waals surface area contributed by atoms with Crippen LogP contribution in [0.5, 0.6) is 0 Å². The number of nitrogens with one attached hydrogen (secondary N) is 1. The van der Waals surface area contributed by atoms with Crippen LogP contribution in [0.25, 0.3) is 0 Å². The van der Waals surface area contributed by atoms with Crippen molar-refractivity contribution in [2.24, 2.45) is 5.92 Å². The lowest BCUT2D eigenvalue weighted by molar-refractivity contribution is 0.628. The maximum atomic E-state index is 3.42. The van der Waals surface area contributed by atoms with Gasteiger partial charge in [0.1, 0.15) is 0 Å². The highest BCUT2D eigenvalue weighted by Gasteiger charge is 2.34. The molecule has 0 amide bonds. The summed E-state index contributed by atoms with van der Waals surface area (Å²) in [7, 11) is 0. The molecule has 0 spiro atoms. The number of hydrogen-bond acceptors (Lipinski definition) is 1. The van der Waals surface area contributed by atoms with Crippen LogP contribution in [0.2, 0.25) is 0 Å². The van der Waals surface area contributed by atoms with E-state index in [9.17, 15) is 0 Å². The first-order chi connectivity index (χ1) is 5.38. The Balaban J connectivity index is 1.98. The molecule has 62 valence electrons. The normalized spacial score (nSPS) is 27.5. The molecule has 2 unspecified atom stereocenters. The van der Waals surface area contributed by atoms with Gasteiger partial charge in [-0.15, -0.1) is 5.92 Å². The number of hydrogen-bond donors (Lipinski definition) is 1. The summed E-state index contributed by atoms with van der Waals surface area (Å²) >= 11 is 0. The Kier molecular flexibility index (Phi) is 3.45. The molecule has 1 saturated carbocycles. The van der Waals surface area contributed by atoms with Gasteiger partial charge in [0.05, 0.1) is 6.54 Å². The van der Waals surface area contributed by atoms with Gasteiger partial charge in [0.2, 0.25) is 0 Å². The van der Waals surface area contributed by atoms with E-state index in [-0.39, 0.29) is 0 Å². The quantitative estimate of drug-likeness (QED) is 0.604. The maximum absolute atomic E-state index is 3.42. The molecule has 2 atom stereocenters. The van der Waals surface area contributed by atoms with Gasteiger partial charge in [-0.1, -0.05) is 19.3 Å². The van der Waals surface area contributed by atoms with Crippen molar-refractivity contribution in [1.82, 2.24) is 5.32 Å². The Bertz CT molecular complexity index is 163.